The molecule has 0 saturated carbocycles. The lowest BCUT2D eigenvalue weighted by Crippen LogP contribution is -2.31. The molecule has 0 heterocycles. The first-order valence-corrected chi connectivity index (χ1v) is 5.77. The van der Waals surface area contributed by atoms with Crippen LogP contribution in [0.2, 0.25) is 0 Å². The Hall–Kier alpha value is -2.43. The van der Waals surface area contributed by atoms with Crippen LogP contribution in [0.15, 0.2) is 43.5 Å². The van der Waals surface area contributed by atoms with E-state index in [0.717, 1.165) is 0 Å². The molecule has 0 radical (unpaired) electrons. The summed E-state index contributed by atoms with van der Waals surface area (Å²) in [6.45, 7) is 9.61. The van der Waals surface area contributed by atoms with Gasteiger partial charge in [-0.25, -0.2) is 0 Å². The molecule has 19 heavy (non-hydrogen) atoms. The molecule has 0 unspecified atom stereocenters. The van der Waals surface area contributed by atoms with E-state index >= 15 is 0 Å². The first-order valence-electron chi connectivity index (χ1n) is 5.77. The lowest BCUT2D eigenvalue weighted by Gasteiger charge is -2.19. The summed E-state index contributed by atoms with van der Waals surface area (Å²) in [5.74, 6) is -0.196. The maximum Gasteiger partial charge on any atom is 0.272 e. The van der Waals surface area contributed by atoms with Crippen molar-refractivity contribution in [3.05, 3.63) is 64.8 Å². The summed E-state index contributed by atoms with van der Waals surface area (Å²) in [5, 5.41) is 10.7. The summed E-state index contributed by atoms with van der Waals surface area (Å²) in [5.41, 5.74) is 0.898. The maximum absolute atomic E-state index is 12.2. The Labute approximate surface area is 112 Å². The molecule has 0 aromatic heterocycles. The average Bonchev–Trinajstić information content (AvgIpc) is 2.37. The van der Waals surface area contributed by atoms with Crippen molar-refractivity contribution in [2.45, 2.75) is 6.92 Å². The summed E-state index contributed by atoms with van der Waals surface area (Å²) in [7, 11) is 0. The van der Waals surface area contributed by atoms with Crippen molar-refractivity contribution in [3.8, 4) is 0 Å². The number of aryl methyl sites for hydroxylation is 1. The van der Waals surface area contributed by atoms with E-state index in [4.69, 9.17) is 0 Å². The molecule has 0 aliphatic rings. The standard InChI is InChI=1S/C14H16N2O3/c1-4-8-15(9-5-2)14(17)12-6-7-13(16(18)19)11(3)10-12/h4-7,10H,1-2,8-9H2,3H3. The minimum Gasteiger partial charge on any atom is -0.331 e. The van der Waals surface area contributed by atoms with Crippen molar-refractivity contribution in [3.63, 3.8) is 0 Å². The number of nitrogens with zero attached hydrogens (tertiary/aromatic N) is 2. The fraction of sp³-hybridized carbons (Fsp3) is 0.214. The molecular weight excluding hydrogens is 244 g/mol. The Morgan fingerprint density at radius 1 is 1.37 bits per heavy atom. The molecule has 1 amide bonds. The van der Waals surface area contributed by atoms with E-state index in [1.165, 1.54) is 18.2 Å². The van der Waals surface area contributed by atoms with Gasteiger partial charge in [-0.05, 0) is 19.1 Å². The molecule has 0 aliphatic carbocycles. The lowest BCUT2D eigenvalue weighted by molar-refractivity contribution is -0.385. The number of carbonyl (C=O) groups is 1. The molecular formula is C14H16N2O3. The zero-order valence-corrected chi connectivity index (χ0v) is 10.8. The number of benzene rings is 1. The monoisotopic (exact) mass is 260 g/mol. The second-order valence-electron chi connectivity index (χ2n) is 4.05. The van der Waals surface area contributed by atoms with Crippen molar-refractivity contribution < 1.29 is 9.72 Å². The quantitative estimate of drug-likeness (QED) is 0.449. The fourth-order valence-corrected chi connectivity index (χ4v) is 1.73. The zero-order valence-electron chi connectivity index (χ0n) is 10.8. The SMILES string of the molecule is C=CCN(CC=C)C(=O)c1ccc([N+](=O)[O-])c(C)c1. The highest BCUT2D eigenvalue weighted by molar-refractivity contribution is 5.95. The van der Waals surface area contributed by atoms with Crippen molar-refractivity contribution in [2.75, 3.05) is 13.1 Å². The Bertz CT molecular complexity index is 513. The highest BCUT2D eigenvalue weighted by atomic mass is 16.6. The Kier molecular flexibility index (Phi) is 5.00. The fourth-order valence-electron chi connectivity index (χ4n) is 1.73. The molecule has 5 heteroatoms. The van der Waals surface area contributed by atoms with Gasteiger partial charge in [0.2, 0.25) is 0 Å². The molecule has 0 fully saturated rings. The third-order valence-electron chi connectivity index (χ3n) is 2.63. The van der Waals surface area contributed by atoms with E-state index in [9.17, 15) is 14.9 Å². The summed E-state index contributed by atoms with van der Waals surface area (Å²) < 4.78 is 0. The van der Waals surface area contributed by atoms with Crippen LogP contribution in [-0.4, -0.2) is 28.8 Å². The van der Waals surface area contributed by atoms with Crippen molar-refractivity contribution in [2.24, 2.45) is 0 Å². The minimum atomic E-state index is -0.463. The molecule has 1 aromatic carbocycles. The number of amides is 1. The Morgan fingerprint density at radius 2 is 1.95 bits per heavy atom. The van der Waals surface area contributed by atoms with Gasteiger partial charge in [-0.3, -0.25) is 14.9 Å². The molecule has 0 saturated heterocycles. The highest BCUT2D eigenvalue weighted by Crippen LogP contribution is 2.19. The molecule has 0 spiro atoms. The number of nitro groups is 1. The van der Waals surface area contributed by atoms with Crippen LogP contribution in [0, 0.1) is 17.0 Å². The van der Waals surface area contributed by atoms with Crippen LogP contribution in [0.1, 0.15) is 15.9 Å². The molecule has 0 bridgehead atoms. The predicted octanol–water partition coefficient (Wildman–Crippen LogP) is 2.72. The van der Waals surface area contributed by atoms with Gasteiger partial charge in [-0.1, -0.05) is 12.2 Å². The average molecular weight is 260 g/mol. The third kappa shape index (κ3) is 3.51. The first-order chi connectivity index (χ1) is 9.01. The second-order valence-corrected chi connectivity index (χ2v) is 4.05. The van der Waals surface area contributed by atoms with Gasteiger partial charge in [-0.15, -0.1) is 13.2 Å². The topological polar surface area (TPSA) is 63.5 Å². The van der Waals surface area contributed by atoms with Crippen molar-refractivity contribution in [1.82, 2.24) is 4.90 Å². The van der Waals surface area contributed by atoms with Gasteiger partial charge >= 0.3 is 0 Å². The number of hydrogen-bond donors (Lipinski definition) is 0. The van der Waals surface area contributed by atoms with E-state index in [1.807, 2.05) is 0 Å². The van der Waals surface area contributed by atoms with Gasteiger partial charge in [0, 0.05) is 30.3 Å². The number of nitro benzene ring substituents is 1. The number of rotatable bonds is 6. The van der Waals surface area contributed by atoms with Gasteiger partial charge in [0.15, 0.2) is 0 Å². The van der Waals surface area contributed by atoms with E-state index in [1.54, 1.807) is 24.0 Å². The van der Waals surface area contributed by atoms with Gasteiger partial charge in [-0.2, -0.15) is 0 Å². The van der Waals surface area contributed by atoms with Crippen LogP contribution in [0.5, 0.6) is 0 Å². The predicted molar refractivity (Wildman–Crippen MR) is 74.1 cm³/mol. The van der Waals surface area contributed by atoms with Gasteiger partial charge in [0.25, 0.3) is 11.6 Å². The van der Waals surface area contributed by atoms with E-state index in [-0.39, 0.29) is 11.6 Å². The minimum absolute atomic E-state index is 0.00976. The van der Waals surface area contributed by atoms with Crippen molar-refractivity contribution in [1.29, 1.82) is 0 Å². The lowest BCUT2D eigenvalue weighted by atomic mass is 10.1. The van der Waals surface area contributed by atoms with Crippen LogP contribution in [0.25, 0.3) is 0 Å². The molecule has 0 atom stereocenters. The highest BCUT2D eigenvalue weighted by Gasteiger charge is 2.17. The normalized spacial score (nSPS) is 9.74. The summed E-state index contributed by atoms with van der Waals surface area (Å²) in [4.78, 5) is 24.0. The second kappa shape index (κ2) is 6.49. The van der Waals surface area contributed by atoms with E-state index < -0.39 is 4.92 Å². The van der Waals surface area contributed by atoms with Crippen LogP contribution in [0.3, 0.4) is 0 Å². The number of carbonyl (C=O) groups excluding carboxylic acids is 1. The Balaban J connectivity index is 3.04. The number of hydrogen-bond acceptors (Lipinski definition) is 3. The van der Waals surface area contributed by atoms with Gasteiger partial charge in [0.05, 0.1) is 4.92 Å². The molecule has 0 N–H and O–H groups in total. The van der Waals surface area contributed by atoms with Crippen LogP contribution in [-0.2, 0) is 0 Å². The summed E-state index contributed by atoms with van der Waals surface area (Å²) in [6, 6.07) is 4.34. The smallest absolute Gasteiger partial charge is 0.272 e. The third-order valence-corrected chi connectivity index (χ3v) is 2.63. The molecule has 0 aliphatic heterocycles. The zero-order chi connectivity index (χ0) is 14.4. The van der Waals surface area contributed by atoms with Crippen LogP contribution >= 0.6 is 0 Å². The van der Waals surface area contributed by atoms with Crippen LogP contribution < -0.4 is 0 Å². The summed E-state index contributed by atoms with van der Waals surface area (Å²) in [6.07, 6.45) is 3.25. The molecule has 1 rings (SSSR count). The van der Waals surface area contributed by atoms with Crippen molar-refractivity contribution >= 4 is 11.6 Å². The van der Waals surface area contributed by atoms with Gasteiger partial charge < -0.3 is 4.90 Å². The molecule has 5 nitrogen and oxygen atoms in total. The van der Waals surface area contributed by atoms with E-state index in [0.29, 0.717) is 24.2 Å². The van der Waals surface area contributed by atoms with Crippen LogP contribution in [0.4, 0.5) is 5.69 Å². The van der Waals surface area contributed by atoms with Gasteiger partial charge in [0.1, 0.15) is 0 Å². The molecule has 100 valence electrons. The van der Waals surface area contributed by atoms with E-state index in [2.05, 4.69) is 13.2 Å². The first kappa shape index (κ1) is 14.6. The summed E-state index contributed by atoms with van der Waals surface area (Å²) >= 11 is 0. The largest absolute Gasteiger partial charge is 0.331 e. The molecule has 1 aromatic rings. The maximum atomic E-state index is 12.2. The Morgan fingerprint density at radius 3 is 2.37 bits per heavy atom.